The number of hydrogen-bond donors (Lipinski definition) is 1. The zero-order chi connectivity index (χ0) is 13.7. The summed E-state index contributed by atoms with van der Waals surface area (Å²) in [5.74, 6) is 0.178. The van der Waals surface area contributed by atoms with Crippen molar-refractivity contribution in [1.29, 1.82) is 0 Å². The normalized spacial score (nSPS) is 24.2. The molecule has 1 N–H and O–H groups in total. The van der Waals surface area contributed by atoms with E-state index in [1.807, 2.05) is 0 Å². The van der Waals surface area contributed by atoms with Gasteiger partial charge in [-0.1, -0.05) is 0 Å². The molecule has 3 aliphatic rings. The quantitative estimate of drug-likeness (QED) is 0.909. The number of carbonyl (C=O) groups is 1. The molecule has 0 atom stereocenters. The van der Waals surface area contributed by atoms with Crippen LogP contribution in [0.2, 0.25) is 0 Å². The van der Waals surface area contributed by atoms with Crippen LogP contribution in [0.3, 0.4) is 0 Å². The van der Waals surface area contributed by atoms with Crippen LogP contribution < -0.4 is 0 Å². The molecule has 1 aromatic heterocycles. The van der Waals surface area contributed by atoms with Crippen molar-refractivity contribution in [3.63, 3.8) is 0 Å². The monoisotopic (exact) mass is 273 g/mol. The van der Waals surface area contributed by atoms with E-state index in [9.17, 15) is 9.90 Å². The smallest absolute Gasteiger partial charge is 0.354 e. The molecule has 0 bridgehead atoms. The van der Waals surface area contributed by atoms with Crippen LogP contribution in [-0.2, 0) is 6.54 Å². The largest absolute Gasteiger partial charge is 0.477 e. The second-order valence-electron chi connectivity index (χ2n) is 6.64. The lowest BCUT2D eigenvalue weighted by atomic mass is 10.1. The van der Waals surface area contributed by atoms with Crippen LogP contribution in [0, 0.1) is 5.41 Å². The van der Waals surface area contributed by atoms with Gasteiger partial charge in [0, 0.05) is 19.0 Å². The van der Waals surface area contributed by atoms with E-state index in [1.165, 1.54) is 19.3 Å². The van der Waals surface area contributed by atoms with Crippen LogP contribution in [0.25, 0.3) is 0 Å². The highest BCUT2D eigenvalue weighted by molar-refractivity contribution is 5.85. The molecule has 0 aromatic carbocycles. The van der Waals surface area contributed by atoms with Crippen molar-refractivity contribution in [3.05, 3.63) is 23.3 Å². The van der Waals surface area contributed by atoms with Gasteiger partial charge in [0.05, 0.1) is 5.69 Å². The number of carboxylic acid groups (broad SMARTS) is 1. The molecule has 5 nitrogen and oxygen atoms in total. The van der Waals surface area contributed by atoms with Crippen LogP contribution in [-0.4, -0.2) is 39.0 Å². The van der Waals surface area contributed by atoms with Gasteiger partial charge in [-0.05, 0) is 50.1 Å². The molecule has 2 heterocycles. The highest BCUT2D eigenvalue weighted by Crippen LogP contribution is 2.52. The zero-order valence-corrected chi connectivity index (χ0v) is 11.5. The fraction of sp³-hybridized carbons (Fsp3) is 0.667. The predicted molar refractivity (Wildman–Crippen MR) is 72.5 cm³/mol. The van der Waals surface area contributed by atoms with Gasteiger partial charge >= 0.3 is 5.97 Å². The minimum absolute atomic E-state index is 0.150. The van der Waals surface area contributed by atoms with E-state index < -0.39 is 5.97 Å². The molecule has 1 aromatic rings. The number of aromatic nitrogens is 2. The predicted octanol–water partition coefficient (Wildman–Crippen LogP) is 2.04. The minimum atomic E-state index is -0.948. The second kappa shape index (κ2) is 4.25. The fourth-order valence-corrected chi connectivity index (χ4v) is 3.21. The lowest BCUT2D eigenvalue weighted by Crippen LogP contribution is -2.22. The molecule has 2 aliphatic carbocycles. The second-order valence-corrected chi connectivity index (χ2v) is 6.64. The van der Waals surface area contributed by atoms with E-state index >= 15 is 0 Å². The summed E-state index contributed by atoms with van der Waals surface area (Å²) in [7, 11) is 0. The molecule has 0 radical (unpaired) electrons. The van der Waals surface area contributed by atoms with E-state index in [-0.39, 0.29) is 5.69 Å². The standard InChI is InChI=1S/C15H19N3O2/c19-14(20)12-7-11(16-13(17-12)10-1-2-10)8-18-6-5-15(9-18)3-4-15/h7,10H,1-6,8-9H2,(H,19,20). The first-order valence-electron chi connectivity index (χ1n) is 7.47. The Morgan fingerprint density at radius 1 is 1.35 bits per heavy atom. The molecule has 1 spiro atoms. The molecule has 106 valence electrons. The Bertz CT molecular complexity index is 564. The van der Waals surface area contributed by atoms with E-state index in [0.717, 1.165) is 44.0 Å². The molecule has 1 saturated heterocycles. The molecular weight excluding hydrogens is 254 g/mol. The summed E-state index contributed by atoms with van der Waals surface area (Å²) in [6, 6.07) is 1.64. The molecule has 0 amide bonds. The third-order valence-electron chi connectivity index (χ3n) is 4.82. The Morgan fingerprint density at radius 3 is 2.75 bits per heavy atom. The number of aromatic carboxylic acids is 1. The lowest BCUT2D eigenvalue weighted by molar-refractivity contribution is 0.0689. The van der Waals surface area contributed by atoms with Crippen molar-refractivity contribution in [2.75, 3.05) is 13.1 Å². The first-order chi connectivity index (χ1) is 9.63. The molecular formula is C15H19N3O2. The van der Waals surface area contributed by atoms with Crippen molar-refractivity contribution < 1.29 is 9.90 Å². The summed E-state index contributed by atoms with van der Waals surface area (Å²) < 4.78 is 0. The third-order valence-corrected chi connectivity index (χ3v) is 4.82. The van der Waals surface area contributed by atoms with Crippen LogP contribution >= 0.6 is 0 Å². The minimum Gasteiger partial charge on any atom is -0.477 e. The van der Waals surface area contributed by atoms with Crippen molar-refractivity contribution >= 4 is 5.97 Å². The molecule has 5 heteroatoms. The van der Waals surface area contributed by atoms with Gasteiger partial charge in [0.15, 0.2) is 5.69 Å². The van der Waals surface area contributed by atoms with Crippen molar-refractivity contribution in [2.45, 2.75) is 44.6 Å². The summed E-state index contributed by atoms with van der Waals surface area (Å²) in [5, 5.41) is 9.19. The molecule has 20 heavy (non-hydrogen) atoms. The third kappa shape index (κ3) is 2.30. The Hall–Kier alpha value is -1.49. The van der Waals surface area contributed by atoms with Gasteiger partial charge in [0.25, 0.3) is 0 Å². The van der Waals surface area contributed by atoms with Gasteiger partial charge in [0.2, 0.25) is 0 Å². The topological polar surface area (TPSA) is 66.3 Å². The van der Waals surface area contributed by atoms with E-state index in [1.54, 1.807) is 6.07 Å². The van der Waals surface area contributed by atoms with Gasteiger partial charge in [-0.3, -0.25) is 4.90 Å². The summed E-state index contributed by atoms with van der Waals surface area (Å²) in [6.07, 6.45) is 6.20. The Labute approximate surface area is 118 Å². The SMILES string of the molecule is O=C(O)c1cc(CN2CCC3(CC3)C2)nc(C2CC2)n1. The Morgan fingerprint density at radius 2 is 2.15 bits per heavy atom. The van der Waals surface area contributed by atoms with Crippen molar-refractivity contribution in [1.82, 2.24) is 14.9 Å². The maximum absolute atomic E-state index is 11.2. The lowest BCUT2D eigenvalue weighted by Gasteiger charge is -2.15. The maximum atomic E-state index is 11.2. The Kier molecular flexibility index (Phi) is 2.61. The summed E-state index contributed by atoms with van der Waals surface area (Å²) in [6.45, 7) is 3.04. The summed E-state index contributed by atoms with van der Waals surface area (Å²) in [5.41, 5.74) is 1.62. The van der Waals surface area contributed by atoms with E-state index in [2.05, 4.69) is 14.9 Å². The van der Waals surface area contributed by atoms with Gasteiger partial charge < -0.3 is 5.11 Å². The van der Waals surface area contributed by atoms with Crippen LogP contribution in [0.15, 0.2) is 6.07 Å². The fourth-order valence-electron chi connectivity index (χ4n) is 3.21. The maximum Gasteiger partial charge on any atom is 0.354 e. The van der Waals surface area contributed by atoms with E-state index in [0.29, 0.717) is 11.3 Å². The average molecular weight is 273 g/mol. The van der Waals surface area contributed by atoms with Crippen LogP contribution in [0.5, 0.6) is 0 Å². The van der Waals surface area contributed by atoms with Crippen molar-refractivity contribution in [2.24, 2.45) is 5.41 Å². The zero-order valence-electron chi connectivity index (χ0n) is 11.5. The highest BCUT2D eigenvalue weighted by Gasteiger charge is 2.47. The molecule has 3 fully saturated rings. The van der Waals surface area contributed by atoms with Gasteiger partial charge in [-0.2, -0.15) is 0 Å². The Balaban J connectivity index is 1.55. The number of hydrogen-bond acceptors (Lipinski definition) is 4. The van der Waals surface area contributed by atoms with Crippen LogP contribution in [0.1, 0.15) is 60.0 Å². The summed E-state index contributed by atoms with van der Waals surface area (Å²) in [4.78, 5) is 22.4. The van der Waals surface area contributed by atoms with Gasteiger partial charge in [0.1, 0.15) is 5.82 Å². The molecule has 0 unspecified atom stereocenters. The first-order valence-corrected chi connectivity index (χ1v) is 7.47. The molecule has 2 saturated carbocycles. The average Bonchev–Trinajstić information content (AvgIpc) is 3.30. The molecule has 4 rings (SSSR count). The van der Waals surface area contributed by atoms with Gasteiger partial charge in [-0.15, -0.1) is 0 Å². The number of likely N-dealkylation sites (tertiary alicyclic amines) is 1. The van der Waals surface area contributed by atoms with Crippen molar-refractivity contribution in [3.8, 4) is 0 Å². The molecule has 1 aliphatic heterocycles. The van der Waals surface area contributed by atoms with E-state index in [4.69, 9.17) is 0 Å². The first kappa shape index (κ1) is 12.3. The number of carboxylic acids is 1. The van der Waals surface area contributed by atoms with Crippen LogP contribution in [0.4, 0.5) is 0 Å². The highest BCUT2D eigenvalue weighted by atomic mass is 16.4. The number of nitrogens with zero attached hydrogens (tertiary/aromatic N) is 3. The number of rotatable bonds is 4. The summed E-state index contributed by atoms with van der Waals surface area (Å²) >= 11 is 0. The van der Waals surface area contributed by atoms with Gasteiger partial charge in [-0.25, -0.2) is 14.8 Å².